The molecule has 2 aromatic rings. The van der Waals surface area contributed by atoms with E-state index in [1.165, 1.54) is 13.0 Å². The molecule has 0 amide bonds. The van der Waals surface area contributed by atoms with E-state index in [-0.39, 0.29) is 12.0 Å². The normalized spacial score (nSPS) is 14.1. The lowest BCUT2D eigenvalue weighted by Gasteiger charge is -2.24. The van der Waals surface area contributed by atoms with Crippen LogP contribution < -0.4 is 0 Å². The van der Waals surface area contributed by atoms with Crippen LogP contribution in [0.15, 0.2) is 36.4 Å². The van der Waals surface area contributed by atoms with E-state index in [9.17, 15) is 22.7 Å². The summed E-state index contributed by atoms with van der Waals surface area (Å²) >= 11 is 0. The van der Waals surface area contributed by atoms with Crippen LogP contribution in [-0.2, 0) is 12.0 Å². The van der Waals surface area contributed by atoms with Gasteiger partial charge in [-0.1, -0.05) is 6.07 Å². The van der Waals surface area contributed by atoms with Gasteiger partial charge >= 0.3 is 0 Å². The molecule has 1 unspecified atom stereocenters. The highest BCUT2D eigenvalue weighted by atomic mass is 19.2. The second kappa shape index (κ2) is 5.25. The van der Waals surface area contributed by atoms with Crippen molar-refractivity contribution in [3.05, 3.63) is 70.8 Å². The largest absolute Gasteiger partial charge is 0.385 e. The topological polar surface area (TPSA) is 20.2 Å². The smallest absolute Gasteiger partial charge is 0.159 e. The van der Waals surface area contributed by atoms with Gasteiger partial charge in [0.2, 0.25) is 0 Å². The van der Waals surface area contributed by atoms with Crippen molar-refractivity contribution in [2.24, 2.45) is 0 Å². The first-order valence-corrected chi connectivity index (χ1v) is 5.91. The fourth-order valence-electron chi connectivity index (χ4n) is 2.01. The fraction of sp³-hybridized carbons (Fsp3) is 0.200. The van der Waals surface area contributed by atoms with Gasteiger partial charge in [-0.2, -0.15) is 0 Å². The first-order valence-electron chi connectivity index (χ1n) is 5.91. The number of halogens is 4. The minimum Gasteiger partial charge on any atom is -0.385 e. The van der Waals surface area contributed by atoms with E-state index in [0.717, 1.165) is 24.3 Å². The Balaban J connectivity index is 2.32. The standard InChI is InChI=1S/C15H12F4O/c1-15(20,10-5-11(16)7-12(17)6-10)8-9-2-3-13(18)14(19)4-9/h2-7,20H,8H2,1H3. The van der Waals surface area contributed by atoms with E-state index in [4.69, 9.17) is 0 Å². The van der Waals surface area contributed by atoms with Crippen molar-refractivity contribution in [1.82, 2.24) is 0 Å². The monoisotopic (exact) mass is 284 g/mol. The highest BCUT2D eigenvalue weighted by Crippen LogP contribution is 2.27. The number of aliphatic hydroxyl groups is 1. The maximum Gasteiger partial charge on any atom is 0.159 e. The molecular weight excluding hydrogens is 272 g/mol. The summed E-state index contributed by atoms with van der Waals surface area (Å²) in [7, 11) is 0. The van der Waals surface area contributed by atoms with E-state index >= 15 is 0 Å². The fourth-order valence-corrected chi connectivity index (χ4v) is 2.01. The molecule has 0 aliphatic carbocycles. The Morgan fingerprint density at radius 3 is 2.05 bits per heavy atom. The molecule has 106 valence electrons. The SMILES string of the molecule is CC(O)(Cc1ccc(F)c(F)c1)c1cc(F)cc(F)c1. The molecule has 0 saturated heterocycles. The lowest BCUT2D eigenvalue weighted by Crippen LogP contribution is -2.24. The first-order chi connectivity index (χ1) is 9.28. The summed E-state index contributed by atoms with van der Waals surface area (Å²) in [6.45, 7) is 1.35. The van der Waals surface area contributed by atoms with Crippen LogP contribution in [0.25, 0.3) is 0 Å². The van der Waals surface area contributed by atoms with E-state index in [1.54, 1.807) is 0 Å². The van der Waals surface area contributed by atoms with Gasteiger partial charge in [-0.3, -0.25) is 0 Å². The molecule has 0 aliphatic rings. The van der Waals surface area contributed by atoms with Gasteiger partial charge in [0.1, 0.15) is 11.6 Å². The Morgan fingerprint density at radius 2 is 1.50 bits per heavy atom. The Labute approximate surface area is 113 Å². The Kier molecular flexibility index (Phi) is 3.81. The Morgan fingerprint density at radius 1 is 0.900 bits per heavy atom. The van der Waals surface area contributed by atoms with Crippen LogP contribution in [0, 0.1) is 23.3 Å². The summed E-state index contributed by atoms with van der Waals surface area (Å²) < 4.78 is 52.2. The predicted molar refractivity (Wildman–Crippen MR) is 66.0 cm³/mol. The highest BCUT2D eigenvalue weighted by molar-refractivity contribution is 5.28. The van der Waals surface area contributed by atoms with E-state index in [1.807, 2.05) is 0 Å². The zero-order valence-electron chi connectivity index (χ0n) is 10.6. The van der Waals surface area contributed by atoms with E-state index in [0.29, 0.717) is 11.6 Å². The van der Waals surface area contributed by atoms with Gasteiger partial charge in [-0.25, -0.2) is 17.6 Å². The number of hydrogen-bond donors (Lipinski definition) is 1. The van der Waals surface area contributed by atoms with Gasteiger partial charge in [-0.15, -0.1) is 0 Å². The first kappa shape index (κ1) is 14.5. The van der Waals surface area contributed by atoms with Crippen LogP contribution in [-0.4, -0.2) is 5.11 Å². The zero-order chi connectivity index (χ0) is 14.9. The molecule has 0 saturated carbocycles. The summed E-state index contributed by atoms with van der Waals surface area (Å²) in [5, 5.41) is 10.3. The van der Waals surface area contributed by atoms with Crippen molar-refractivity contribution in [2.45, 2.75) is 18.9 Å². The van der Waals surface area contributed by atoms with Crippen molar-refractivity contribution >= 4 is 0 Å². The molecule has 20 heavy (non-hydrogen) atoms. The lowest BCUT2D eigenvalue weighted by atomic mass is 9.89. The molecule has 0 fully saturated rings. The number of rotatable bonds is 3. The average molecular weight is 284 g/mol. The average Bonchev–Trinajstić information content (AvgIpc) is 2.32. The van der Waals surface area contributed by atoms with Crippen LogP contribution in [0.4, 0.5) is 17.6 Å². The summed E-state index contributed by atoms with van der Waals surface area (Å²) in [6.07, 6.45) is -0.104. The van der Waals surface area contributed by atoms with Gasteiger partial charge in [0.05, 0.1) is 5.60 Å². The molecule has 2 aromatic carbocycles. The summed E-state index contributed by atoms with van der Waals surface area (Å²) in [6, 6.07) is 5.89. The molecule has 1 atom stereocenters. The summed E-state index contributed by atoms with van der Waals surface area (Å²) in [5.74, 6) is -3.66. The molecule has 0 radical (unpaired) electrons. The molecule has 2 rings (SSSR count). The van der Waals surface area contributed by atoms with Gasteiger partial charge in [0.25, 0.3) is 0 Å². The predicted octanol–water partition coefficient (Wildman–Crippen LogP) is 3.69. The molecule has 0 aromatic heterocycles. The molecule has 0 aliphatic heterocycles. The second-order valence-corrected chi connectivity index (χ2v) is 4.86. The molecule has 5 heteroatoms. The van der Waals surface area contributed by atoms with Crippen LogP contribution in [0.3, 0.4) is 0 Å². The van der Waals surface area contributed by atoms with Crippen LogP contribution in [0.2, 0.25) is 0 Å². The number of hydrogen-bond acceptors (Lipinski definition) is 1. The minimum atomic E-state index is -1.60. The Bertz CT molecular complexity index is 618. The quantitative estimate of drug-likeness (QED) is 0.852. The number of benzene rings is 2. The van der Waals surface area contributed by atoms with Crippen molar-refractivity contribution in [3.63, 3.8) is 0 Å². The highest BCUT2D eigenvalue weighted by Gasteiger charge is 2.25. The van der Waals surface area contributed by atoms with E-state index < -0.39 is 28.9 Å². The summed E-state index contributed by atoms with van der Waals surface area (Å²) in [4.78, 5) is 0. The third-order valence-electron chi connectivity index (χ3n) is 3.02. The van der Waals surface area contributed by atoms with Gasteiger partial charge < -0.3 is 5.11 Å². The summed E-state index contributed by atoms with van der Waals surface area (Å²) in [5.41, 5.74) is -1.26. The Hall–Kier alpha value is -1.88. The molecule has 0 bridgehead atoms. The van der Waals surface area contributed by atoms with Crippen LogP contribution in [0.1, 0.15) is 18.1 Å². The molecule has 0 spiro atoms. The van der Waals surface area contributed by atoms with Gasteiger partial charge in [-0.05, 0) is 42.3 Å². The van der Waals surface area contributed by atoms with Crippen LogP contribution >= 0.6 is 0 Å². The molecular formula is C15H12F4O. The maximum atomic E-state index is 13.2. The minimum absolute atomic E-state index is 0.0275. The lowest BCUT2D eigenvalue weighted by molar-refractivity contribution is 0.0568. The third-order valence-corrected chi connectivity index (χ3v) is 3.02. The third kappa shape index (κ3) is 3.17. The molecule has 1 N–H and O–H groups in total. The molecule has 1 nitrogen and oxygen atoms in total. The van der Waals surface area contributed by atoms with Crippen molar-refractivity contribution in [1.29, 1.82) is 0 Å². The second-order valence-electron chi connectivity index (χ2n) is 4.86. The van der Waals surface area contributed by atoms with Crippen molar-refractivity contribution in [2.75, 3.05) is 0 Å². The zero-order valence-corrected chi connectivity index (χ0v) is 10.6. The van der Waals surface area contributed by atoms with Gasteiger partial charge in [0.15, 0.2) is 11.6 Å². The maximum absolute atomic E-state index is 13.2. The van der Waals surface area contributed by atoms with Crippen LogP contribution in [0.5, 0.6) is 0 Å². The van der Waals surface area contributed by atoms with Crippen molar-refractivity contribution in [3.8, 4) is 0 Å². The molecule has 0 heterocycles. The van der Waals surface area contributed by atoms with Gasteiger partial charge in [0, 0.05) is 12.5 Å². The van der Waals surface area contributed by atoms with E-state index in [2.05, 4.69) is 0 Å². The van der Waals surface area contributed by atoms with Crippen molar-refractivity contribution < 1.29 is 22.7 Å².